The Hall–Kier alpha value is -1.79. The number of amides is 2. The SMILES string of the molecule is C=CCCCCOC(=O)[C@H]1[C@@H]2OC3(CC2Br)C(C(=O)N(CC=C)CCN2CCOCC2)N([C@@H](CO)C(C)C)C(=O)[C@H]13. The maximum Gasteiger partial charge on any atom is 0.312 e. The second-order valence-electron chi connectivity index (χ2n) is 11.9. The van der Waals surface area contributed by atoms with Crippen molar-refractivity contribution in [1.82, 2.24) is 14.7 Å². The van der Waals surface area contributed by atoms with E-state index in [-0.39, 0.29) is 35.8 Å². The van der Waals surface area contributed by atoms with Crippen LogP contribution in [0.15, 0.2) is 25.3 Å². The van der Waals surface area contributed by atoms with Crippen molar-refractivity contribution in [1.29, 1.82) is 0 Å². The number of ether oxygens (including phenoxy) is 3. The van der Waals surface area contributed by atoms with Gasteiger partial charge in [0.05, 0.1) is 50.4 Å². The van der Waals surface area contributed by atoms with Gasteiger partial charge in [0.1, 0.15) is 11.6 Å². The summed E-state index contributed by atoms with van der Waals surface area (Å²) in [6, 6.07) is -1.58. The molecule has 230 valence electrons. The Balaban J connectivity index is 1.64. The average molecular weight is 641 g/mol. The van der Waals surface area contributed by atoms with Crippen molar-refractivity contribution in [3.05, 3.63) is 25.3 Å². The topological polar surface area (TPSA) is 109 Å². The first kappa shape index (κ1) is 32.1. The number of nitrogens with zero attached hydrogens (tertiary/aromatic N) is 3. The van der Waals surface area contributed by atoms with Crippen LogP contribution < -0.4 is 0 Å². The summed E-state index contributed by atoms with van der Waals surface area (Å²) in [5.41, 5.74) is -1.19. The lowest BCUT2D eigenvalue weighted by molar-refractivity contribution is -0.157. The quantitative estimate of drug-likeness (QED) is 0.125. The van der Waals surface area contributed by atoms with Crippen LogP contribution in [0.2, 0.25) is 0 Å². The number of likely N-dealkylation sites (tertiary alicyclic amines) is 1. The molecular formula is C30H46BrN3O7. The third-order valence-electron chi connectivity index (χ3n) is 9.04. The molecule has 2 amide bonds. The predicted octanol–water partition coefficient (Wildman–Crippen LogP) is 2.00. The van der Waals surface area contributed by atoms with Crippen molar-refractivity contribution in [3.63, 3.8) is 0 Å². The average Bonchev–Trinajstić information content (AvgIpc) is 3.55. The molecule has 0 radical (unpaired) electrons. The molecule has 41 heavy (non-hydrogen) atoms. The monoisotopic (exact) mass is 639 g/mol. The smallest absolute Gasteiger partial charge is 0.312 e. The van der Waals surface area contributed by atoms with Crippen LogP contribution in [0.1, 0.15) is 39.5 Å². The highest BCUT2D eigenvalue weighted by Crippen LogP contribution is 2.61. The number of alkyl halides is 1. The van der Waals surface area contributed by atoms with E-state index in [0.29, 0.717) is 45.7 Å². The van der Waals surface area contributed by atoms with Crippen molar-refractivity contribution in [2.24, 2.45) is 17.8 Å². The van der Waals surface area contributed by atoms with Crippen molar-refractivity contribution >= 4 is 33.7 Å². The van der Waals surface area contributed by atoms with E-state index in [4.69, 9.17) is 14.2 Å². The maximum absolute atomic E-state index is 14.5. The number of carbonyl (C=O) groups excluding carboxylic acids is 3. The Morgan fingerprint density at radius 2 is 1.98 bits per heavy atom. The second-order valence-corrected chi connectivity index (χ2v) is 13.1. The van der Waals surface area contributed by atoms with E-state index < -0.39 is 41.6 Å². The Morgan fingerprint density at radius 3 is 2.61 bits per heavy atom. The summed E-state index contributed by atoms with van der Waals surface area (Å²) in [5.74, 6) is -2.83. The number of hydrogen-bond acceptors (Lipinski definition) is 8. The van der Waals surface area contributed by atoms with Crippen LogP contribution in [0.25, 0.3) is 0 Å². The number of aliphatic hydroxyl groups is 1. The molecule has 4 fully saturated rings. The van der Waals surface area contributed by atoms with Crippen LogP contribution in [-0.4, -0.2) is 125 Å². The maximum atomic E-state index is 14.5. The van der Waals surface area contributed by atoms with Gasteiger partial charge in [-0.3, -0.25) is 19.3 Å². The Kier molecular flexibility index (Phi) is 11.1. The summed E-state index contributed by atoms with van der Waals surface area (Å²) in [7, 11) is 0. The summed E-state index contributed by atoms with van der Waals surface area (Å²) in [6.45, 7) is 15.7. The fraction of sp³-hybridized carbons (Fsp3) is 0.767. The van der Waals surface area contributed by atoms with Gasteiger partial charge in [-0.1, -0.05) is 41.9 Å². The van der Waals surface area contributed by atoms with Crippen LogP contribution in [0, 0.1) is 17.8 Å². The molecule has 10 nitrogen and oxygen atoms in total. The number of allylic oxidation sites excluding steroid dienone is 1. The van der Waals surface area contributed by atoms with Crippen molar-refractivity contribution in [3.8, 4) is 0 Å². The minimum atomic E-state index is -1.19. The summed E-state index contributed by atoms with van der Waals surface area (Å²) >= 11 is 3.71. The Labute approximate surface area is 252 Å². The molecule has 0 aromatic carbocycles. The van der Waals surface area contributed by atoms with Crippen LogP contribution in [0.4, 0.5) is 0 Å². The fourth-order valence-electron chi connectivity index (χ4n) is 6.96. The number of esters is 1. The summed E-state index contributed by atoms with van der Waals surface area (Å²) < 4.78 is 17.7. The van der Waals surface area contributed by atoms with Crippen molar-refractivity contribution in [2.45, 2.75) is 68.1 Å². The van der Waals surface area contributed by atoms with Crippen LogP contribution in [0.5, 0.6) is 0 Å². The summed E-state index contributed by atoms with van der Waals surface area (Å²) in [5, 5.41) is 10.4. The van der Waals surface area contributed by atoms with Gasteiger partial charge < -0.3 is 29.1 Å². The lowest BCUT2D eigenvalue weighted by Crippen LogP contribution is -2.60. The molecule has 4 rings (SSSR count). The molecule has 0 saturated carbocycles. The van der Waals surface area contributed by atoms with E-state index in [1.807, 2.05) is 19.9 Å². The number of unbranched alkanes of at least 4 members (excludes halogenated alkanes) is 2. The molecule has 1 spiro atoms. The number of aliphatic hydroxyl groups excluding tert-OH is 1. The van der Waals surface area contributed by atoms with Gasteiger partial charge in [-0.2, -0.15) is 0 Å². The van der Waals surface area contributed by atoms with Gasteiger partial charge in [0, 0.05) is 37.6 Å². The van der Waals surface area contributed by atoms with Crippen molar-refractivity contribution in [2.75, 3.05) is 59.2 Å². The highest BCUT2D eigenvalue weighted by Gasteiger charge is 2.77. The van der Waals surface area contributed by atoms with E-state index in [0.717, 1.165) is 25.9 Å². The largest absolute Gasteiger partial charge is 0.465 e. The first-order chi connectivity index (χ1) is 19.7. The van der Waals surface area contributed by atoms with Crippen LogP contribution >= 0.6 is 15.9 Å². The predicted molar refractivity (Wildman–Crippen MR) is 157 cm³/mol. The number of morpholine rings is 1. The van der Waals surface area contributed by atoms with Gasteiger partial charge >= 0.3 is 5.97 Å². The standard InChI is InChI=1S/C30H46BrN3O7/c1-5-7-8-9-15-40-29(38)23-24-27(36)34(22(19-35)20(3)4)26(30(24)18-21(31)25(23)41-30)28(37)33(10-6-2)12-11-32-13-16-39-17-14-32/h5-6,20-26,35H,1-2,7-19H2,3-4H3/t21?,22-,23+,24-,25+,26?,30?/m0/s1. The minimum Gasteiger partial charge on any atom is -0.465 e. The highest BCUT2D eigenvalue weighted by atomic mass is 79.9. The Morgan fingerprint density at radius 1 is 1.24 bits per heavy atom. The minimum absolute atomic E-state index is 0.122. The molecule has 0 aromatic heterocycles. The van der Waals surface area contributed by atoms with Gasteiger partial charge in [0.15, 0.2) is 0 Å². The molecule has 3 unspecified atom stereocenters. The molecular weight excluding hydrogens is 594 g/mol. The number of rotatable bonds is 15. The van der Waals surface area contributed by atoms with Crippen LogP contribution in [0.3, 0.4) is 0 Å². The third kappa shape index (κ3) is 6.30. The zero-order valence-electron chi connectivity index (χ0n) is 24.4. The molecule has 11 heteroatoms. The van der Waals surface area contributed by atoms with E-state index in [2.05, 4.69) is 34.0 Å². The number of carbonyl (C=O) groups is 3. The lowest BCUT2D eigenvalue weighted by Gasteiger charge is -2.41. The summed E-state index contributed by atoms with van der Waals surface area (Å²) in [6.07, 6.45) is 5.74. The van der Waals surface area contributed by atoms with Gasteiger partial charge in [-0.25, -0.2) is 0 Å². The van der Waals surface area contributed by atoms with Gasteiger partial charge in [-0.15, -0.1) is 13.2 Å². The van der Waals surface area contributed by atoms with E-state index in [1.165, 1.54) is 4.90 Å². The van der Waals surface area contributed by atoms with Crippen molar-refractivity contribution < 1.29 is 33.7 Å². The zero-order valence-corrected chi connectivity index (χ0v) is 26.0. The molecule has 7 atom stereocenters. The van der Waals surface area contributed by atoms with E-state index in [9.17, 15) is 19.5 Å². The molecule has 4 heterocycles. The lowest BCUT2D eigenvalue weighted by atomic mass is 9.70. The zero-order chi connectivity index (χ0) is 29.7. The van der Waals surface area contributed by atoms with Gasteiger partial charge in [0.2, 0.25) is 11.8 Å². The molecule has 4 saturated heterocycles. The molecule has 0 aromatic rings. The molecule has 4 aliphatic rings. The Bertz CT molecular complexity index is 974. The second kappa shape index (κ2) is 14.1. The highest BCUT2D eigenvalue weighted by molar-refractivity contribution is 9.09. The summed E-state index contributed by atoms with van der Waals surface area (Å²) in [4.78, 5) is 47.6. The van der Waals surface area contributed by atoms with Crippen LogP contribution in [-0.2, 0) is 28.6 Å². The molecule has 0 aliphatic carbocycles. The number of hydrogen-bond donors (Lipinski definition) is 1. The number of fused-ring (bicyclic) bond motifs is 1. The first-order valence-electron chi connectivity index (χ1n) is 14.9. The van der Waals surface area contributed by atoms with E-state index >= 15 is 0 Å². The normalized spacial score (nSPS) is 31.8. The van der Waals surface area contributed by atoms with Gasteiger partial charge in [-0.05, 0) is 31.6 Å². The first-order valence-corrected chi connectivity index (χ1v) is 15.9. The van der Waals surface area contributed by atoms with E-state index in [1.54, 1.807) is 11.0 Å². The van der Waals surface area contributed by atoms with Gasteiger partial charge in [0.25, 0.3) is 0 Å². The number of halogens is 1. The molecule has 2 bridgehead atoms. The molecule has 1 N–H and O–H groups in total. The molecule has 4 aliphatic heterocycles. The third-order valence-corrected chi connectivity index (χ3v) is 9.89. The fourth-order valence-corrected chi connectivity index (χ4v) is 7.90.